The number of hydrogen-bond acceptors (Lipinski definition) is 7. The summed E-state index contributed by atoms with van der Waals surface area (Å²) in [7, 11) is 1.68. The highest BCUT2D eigenvalue weighted by molar-refractivity contribution is 6.31. The number of rotatable bonds is 9. The van der Waals surface area contributed by atoms with E-state index in [0.29, 0.717) is 53.9 Å². The van der Waals surface area contributed by atoms with Crippen molar-refractivity contribution in [1.29, 1.82) is 0 Å². The molecule has 38 heavy (non-hydrogen) atoms. The summed E-state index contributed by atoms with van der Waals surface area (Å²) >= 11 is 6.49. The fraction of sp³-hybridized carbons (Fsp3) is 0.333. The summed E-state index contributed by atoms with van der Waals surface area (Å²) in [6.45, 7) is 8.10. The summed E-state index contributed by atoms with van der Waals surface area (Å²) in [6, 6.07) is 16.1. The zero-order valence-corrected chi connectivity index (χ0v) is 23.1. The number of hydrogen-bond donors (Lipinski definition) is 0. The Hall–Kier alpha value is -3.55. The normalized spacial score (nSPS) is 11.5. The molecule has 0 aliphatic carbocycles. The van der Waals surface area contributed by atoms with Gasteiger partial charge in [-0.2, -0.15) is 4.98 Å². The lowest BCUT2D eigenvalue weighted by Gasteiger charge is -2.19. The van der Waals surface area contributed by atoms with Crippen molar-refractivity contribution < 1.29 is 18.8 Å². The highest BCUT2D eigenvalue weighted by atomic mass is 35.5. The van der Waals surface area contributed by atoms with Crippen LogP contribution in [0, 0.1) is 6.92 Å². The van der Waals surface area contributed by atoms with Crippen LogP contribution in [0.15, 0.2) is 59.3 Å². The first-order valence-corrected chi connectivity index (χ1v) is 12.9. The van der Waals surface area contributed by atoms with Crippen molar-refractivity contribution in [3.63, 3.8) is 0 Å². The highest BCUT2D eigenvalue weighted by Gasteiger charge is 2.18. The van der Waals surface area contributed by atoms with Gasteiger partial charge in [-0.05, 0) is 81.0 Å². The molecule has 198 valence electrons. The molecule has 0 atom stereocenters. The maximum Gasteiger partial charge on any atom is 0.306 e. The van der Waals surface area contributed by atoms with Crippen LogP contribution in [0.4, 0.5) is 0 Å². The van der Waals surface area contributed by atoms with E-state index in [1.54, 1.807) is 19.4 Å². The molecule has 2 heterocycles. The van der Waals surface area contributed by atoms with E-state index in [2.05, 4.69) is 40.2 Å². The van der Waals surface area contributed by atoms with Crippen molar-refractivity contribution in [2.75, 3.05) is 7.11 Å². The first-order chi connectivity index (χ1) is 18.1. The van der Waals surface area contributed by atoms with Gasteiger partial charge in [0, 0.05) is 30.9 Å². The van der Waals surface area contributed by atoms with E-state index in [9.17, 15) is 4.79 Å². The lowest BCUT2D eigenvalue weighted by atomic mass is 9.94. The molecule has 2 aromatic carbocycles. The van der Waals surface area contributed by atoms with Gasteiger partial charge in [-0.3, -0.25) is 9.78 Å². The molecule has 0 fully saturated rings. The summed E-state index contributed by atoms with van der Waals surface area (Å²) in [5.74, 6) is 0.558. The minimum absolute atomic E-state index is 0.231. The lowest BCUT2D eigenvalue weighted by molar-refractivity contribution is -0.154. The minimum atomic E-state index is -0.494. The predicted molar refractivity (Wildman–Crippen MR) is 148 cm³/mol. The van der Waals surface area contributed by atoms with Crippen LogP contribution in [0.1, 0.15) is 50.4 Å². The number of ether oxygens (including phenoxy) is 2. The van der Waals surface area contributed by atoms with Crippen molar-refractivity contribution >= 4 is 17.6 Å². The van der Waals surface area contributed by atoms with Gasteiger partial charge < -0.3 is 14.0 Å². The van der Waals surface area contributed by atoms with Crippen molar-refractivity contribution in [3.8, 4) is 34.0 Å². The third kappa shape index (κ3) is 6.85. The van der Waals surface area contributed by atoms with Crippen molar-refractivity contribution in [2.24, 2.45) is 0 Å². The molecule has 0 aliphatic heterocycles. The van der Waals surface area contributed by atoms with E-state index in [1.807, 2.05) is 45.0 Å². The van der Waals surface area contributed by atoms with Gasteiger partial charge in [-0.25, -0.2) is 0 Å². The van der Waals surface area contributed by atoms with E-state index >= 15 is 0 Å². The van der Waals surface area contributed by atoms with Crippen LogP contribution in [-0.2, 0) is 27.3 Å². The van der Waals surface area contributed by atoms with Gasteiger partial charge in [0.15, 0.2) is 0 Å². The number of carbonyl (C=O) groups is 1. The Balaban J connectivity index is 1.49. The first-order valence-electron chi connectivity index (χ1n) is 12.5. The van der Waals surface area contributed by atoms with Crippen LogP contribution < -0.4 is 0 Å². The fourth-order valence-corrected chi connectivity index (χ4v) is 4.42. The number of pyridine rings is 1. The van der Waals surface area contributed by atoms with E-state index in [4.69, 9.17) is 25.6 Å². The summed E-state index contributed by atoms with van der Waals surface area (Å²) in [5, 5.41) is 4.64. The van der Waals surface area contributed by atoms with E-state index in [1.165, 1.54) is 5.56 Å². The van der Waals surface area contributed by atoms with Gasteiger partial charge in [-0.1, -0.05) is 47.1 Å². The summed E-state index contributed by atoms with van der Waals surface area (Å²) in [6.07, 6.45) is 3.13. The van der Waals surface area contributed by atoms with Crippen molar-refractivity contribution in [3.05, 3.63) is 76.6 Å². The molecule has 0 amide bonds. The number of aromatic nitrogens is 3. The average molecular weight is 534 g/mol. The second-order valence-corrected chi connectivity index (χ2v) is 10.5. The first kappa shape index (κ1) is 27.5. The van der Waals surface area contributed by atoms with Crippen LogP contribution in [0.2, 0.25) is 5.02 Å². The number of esters is 1. The minimum Gasteiger partial charge on any atom is -0.460 e. The van der Waals surface area contributed by atoms with Crippen molar-refractivity contribution in [1.82, 2.24) is 15.1 Å². The summed E-state index contributed by atoms with van der Waals surface area (Å²) in [5.41, 5.74) is 6.14. The van der Waals surface area contributed by atoms with Gasteiger partial charge in [0.1, 0.15) is 5.60 Å². The standard InChI is InChI=1S/C30H32ClN3O4/c1-19-9-6-7-10-23(19)24-14-13-20(15-22(24)18-36-5)29-33-28(34-38-29)21-16-25(31)26(32-17-21)11-8-12-27(35)37-30(2,3)4/h6-7,9-10,13-17H,8,11-12,18H2,1-5H3. The smallest absolute Gasteiger partial charge is 0.306 e. The predicted octanol–water partition coefficient (Wildman–Crippen LogP) is 7.24. The molecular formula is C30H32ClN3O4. The molecule has 0 unspecified atom stereocenters. The number of methoxy groups -OCH3 is 1. The van der Waals surface area contributed by atoms with Crippen LogP contribution >= 0.6 is 11.6 Å². The molecule has 0 aliphatic rings. The van der Waals surface area contributed by atoms with Gasteiger partial charge >= 0.3 is 5.97 Å². The molecule has 0 saturated heterocycles. The molecule has 0 spiro atoms. The molecule has 0 bridgehead atoms. The second-order valence-electron chi connectivity index (χ2n) is 10.1. The molecule has 0 radical (unpaired) electrons. The maximum atomic E-state index is 11.9. The number of carbonyl (C=O) groups excluding carboxylic acids is 1. The molecule has 7 nitrogen and oxygen atoms in total. The Bertz CT molecular complexity index is 1430. The Labute approximate surface area is 228 Å². The highest BCUT2D eigenvalue weighted by Crippen LogP contribution is 2.32. The molecule has 0 saturated carbocycles. The summed E-state index contributed by atoms with van der Waals surface area (Å²) in [4.78, 5) is 21.0. The van der Waals surface area contributed by atoms with Crippen LogP contribution in [0.3, 0.4) is 0 Å². The quantitative estimate of drug-likeness (QED) is 0.209. The van der Waals surface area contributed by atoms with Crippen LogP contribution in [0.25, 0.3) is 34.0 Å². The average Bonchev–Trinajstić information content (AvgIpc) is 3.35. The molecule has 0 N–H and O–H groups in total. The number of nitrogens with zero attached hydrogens (tertiary/aromatic N) is 3. The Kier molecular flexibility index (Phi) is 8.59. The van der Waals surface area contributed by atoms with Crippen LogP contribution in [0.5, 0.6) is 0 Å². The van der Waals surface area contributed by atoms with Crippen molar-refractivity contribution in [2.45, 2.75) is 59.2 Å². The monoisotopic (exact) mass is 533 g/mol. The maximum absolute atomic E-state index is 11.9. The third-order valence-electron chi connectivity index (χ3n) is 5.90. The van der Waals surface area contributed by atoms with Gasteiger partial charge in [0.2, 0.25) is 5.82 Å². The molecule has 4 rings (SSSR count). The largest absolute Gasteiger partial charge is 0.460 e. The Morgan fingerprint density at radius 3 is 2.55 bits per heavy atom. The van der Waals surface area contributed by atoms with Crippen LogP contribution in [-0.4, -0.2) is 33.8 Å². The zero-order valence-electron chi connectivity index (χ0n) is 22.4. The third-order valence-corrected chi connectivity index (χ3v) is 6.23. The Morgan fingerprint density at radius 1 is 1.05 bits per heavy atom. The SMILES string of the molecule is COCc1cc(-c2nc(-c3cnc(CCCC(=O)OC(C)(C)C)c(Cl)c3)no2)ccc1-c1ccccc1C. The van der Waals surface area contributed by atoms with E-state index in [-0.39, 0.29) is 5.97 Å². The topological polar surface area (TPSA) is 87.3 Å². The van der Waals surface area contributed by atoms with Gasteiger partial charge in [0.25, 0.3) is 5.89 Å². The van der Waals surface area contributed by atoms with Gasteiger partial charge in [-0.15, -0.1) is 0 Å². The van der Waals surface area contributed by atoms with E-state index in [0.717, 1.165) is 22.3 Å². The Morgan fingerprint density at radius 2 is 1.84 bits per heavy atom. The molecule has 4 aromatic rings. The lowest BCUT2D eigenvalue weighted by Crippen LogP contribution is -2.23. The van der Waals surface area contributed by atoms with Gasteiger partial charge in [0.05, 0.1) is 17.3 Å². The second kappa shape index (κ2) is 11.9. The summed E-state index contributed by atoms with van der Waals surface area (Å²) < 4.78 is 16.4. The number of halogens is 1. The molecule has 8 heteroatoms. The number of aryl methyl sites for hydroxylation is 2. The number of benzene rings is 2. The fourth-order valence-electron chi connectivity index (χ4n) is 4.16. The zero-order chi connectivity index (χ0) is 27.3. The molecule has 2 aromatic heterocycles. The van der Waals surface area contributed by atoms with E-state index < -0.39 is 5.60 Å². The molecular weight excluding hydrogens is 502 g/mol.